The molecule has 0 aliphatic carbocycles. The molecule has 8 nitrogen and oxygen atoms in total. The zero-order valence-electron chi connectivity index (χ0n) is 17.1. The zero-order chi connectivity index (χ0) is 22.5. The number of ether oxygens (including phenoxy) is 1. The Labute approximate surface area is 187 Å². The van der Waals surface area contributed by atoms with Gasteiger partial charge in [-0.05, 0) is 29.8 Å². The summed E-state index contributed by atoms with van der Waals surface area (Å²) in [6.07, 6.45) is 2.93. The molecular formula is C22H21FN4O4S. The van der Waals surface area contributed by atoms with Crippen LogP contribution in [0.3, 0.4) is 0 Å². The van der Waals surface area contributed by atoms with E-state index in [9.17, 15) is 19.3 Å². The van der Waals surface area contributed by atoms with Crippen LogP contribution in [0.5, 0.6) is 0 Å². The molecule has 0 spiro atoms. The molecule has 1 aromatic heterocycles. The van der Waals surface area contributed by atoms with Crippen molar-refractivity contribution in [1.29, 1.82) is 0 Å². The smallest absolute Gasteiger partial charge is 0.270 e. The fraction of sp³-hybridized carbons (Fsp3) is 0.273. The van der Waals surface area contributed by atoms with Crippen LogP contribution in [0.1, 0.15) is 5.56 Å². The monoisotopic (exact) mass is 456 g/mol. The summed E-state index contributed by atoms with van der Waals surface area (Å²) in [5, 5.41) is 11.5. The Morgan fingerprint density at radius 1 is 1.28 bits per heavy atom. The number of nitrogens with zero attached hydrogens (tertiary/aromatic N) is 4. The number of benzene rings is 2. The number of aromatic nitrogens is 1. The number of fused-ring (bicyclic) bond motifs is 1. The molecule has 0 N–H and O–H groups in total. The second-order valence-electron chi connectivity index (χ2n) is 7.24. The number of thiazole rings is 1. The second kappa shape index (κ2) is 9.94. The molecule has 166 valence electrons. The molecule has 0 bridgehead atoms. The lowest BCUT2D eigenvalue weighted by Gasteiger charge is -2.28. The van der Waals surface area contributed by atoms with Gasteiger partial charge in [-0.2, -0.15) is 0 Å². The van der Waals surface area contributed by atoms with Crippen LogP contribution >= 0.6 is 11.3 Å². The molecule has 2 aromatic carbocycles. The minimum Gasteiger partial charge on any atom is -0.379 e. The summed E-state index contributed by atoms with van der Waals surface area (Å²) in [5.41, 5.74) is 1.13. The van der Waals surface area contributed by atoms with Crippen molar-refractivity contribution >= 4 is 44.4 Å². The van der Waals surface area contributed by atoms with Gasteiger partial charge in [-0.3, -0.25) is 24.7 Å². The van der Waals surface area contributed by atoms with E-state index >= 15 is 0 Å². The maximum Gasteiger partial charge on any atom is 0.270 e. The van der Waals surface area contributed by atoms with Gasteiger partial charge in [-0.25, -0.2) is 9.37 Å². The number of anilines is 1. The Hall–Kier alpha value is -3.21. The van der Waals surface area contributed by atoms with Gasteiger partial charge in [0.15, 0.2) is 5.13 Å². The van der Waals surface area contributed by atoms with Crippen LogP contribution < -0.4 is 4.90 Å². The van der Waals surface area contributed by atoms with Crippen LogP contribution in [0.2, 0.25) is 0 Å². The molecule has 2 heterocycles. The Morgan fingerprint density at radius 2 is 2.09 bits per heavy atom. The summed E-state index contributed by atoms with van der Waals surface area (Å²) in [6.45, 7) is 3.93. The number of carbonyl (C=O) groups excluding carboxylic acids is 1. The first-order valence-corrected chi connectivity index (χ1v) is 10.9. The summed E-state index contributed by atoms with van der Waals surface area (Å²) >= 11 is 1.25. The Kier molecular flexibility index (Phi) is 6.84. The third-order valence-corrected chi connectivity index (χ3v) is 6.12. The van der Waals surface area contributed by atoms with Gasteiger partial charge in [0.2, 0.25) is 0 Å². The highest BCUT2D eigenvalue weighted by Crippen LogP contribution is 2.29. The van der Waals surface area contributed by atoms with E-state index in [4.69, 9.17) is 4.74 Å². The largest absolute Gasteiger partial charge is 0.379 e. The van der Waals surface area contributed by atoms with Gasteiger partial charge in [0.05, 0.1) is 28.4 Å². The van der Waals surface area contributed by atoms with E-state index in [0.29, 0.717) is 47.2 Å². The lowest BCUT2D eigenvalue weighted by atomic mass is 10.2. The quantitative estimate of drug-likeness (QED) is 0.306. The van der Waals surface area contributed by atoms with Crippen LogP contribution in [0.4, 0.5) is 15.2 Å². The van der Waals surface area contributed by atoms with Gasteiger partial charge < -0.3 is 4.74 Å². The van der Waals surface area contributed by atoms with E-state index < -0.39 is 4.92 Å². The minimum atomic E-state index is -0.478. The molecule has 0 atom stereocenters. The summed E-state index contributed by atoms with van der Waals surface area (Å²) < 4.78 is 19.7. The summed E-state index contributed by atoms with van der Waals surface area (Å²) in [5.74, 6) is -0.659. The number of rotatable bonds is 7. The van der Waals surface area contributed by atoms with Crippen LogP contribution in [-0.4, -0.2) is 60.1 Å². The van der Waals surface area contributed by atoms with Crippen LogP contribution in [0, 0.1) is 15.9 Å². The number of non-ortho nitro benzene ring substituents is 1. The lowest BCUT2D eigenvalue weighted by molar-refractivity contribution is -0.384. The standard InChI is InChI=1S/C22H21FN4O4S/c23-17-5-6-19-20(15-17)32-22(24-19)26(9-8-25-10-12-31-13-11-25)21(28)7-4-16-2-1-3-18(14-16)27(29)30/h1-7,14-15H,8-13H2/b7-4+. The predicted molar refractivity (Wildman–Crippen MR) is 121 cm³/mol. The van der Waals surface area contributed by atoms with Gasteiger partial charge in [-0.15, -0.1) is 0 Å². The summed E-state index contributed by atoms with van der Waals surface area (Å²) in [6, 6.07) is 10.4. The normalized spacial score (nSPS) is 14.8. The van der Waals surface area contributed by atoms with Crippen molar-refractivity contribution < 1.29 is 18.8 Å². The molecule has 1 aliphatic heterocycles. The van der Waals surface area contributed by atoms with Gasteiger partial charge >= 0.3 is 0 Å². The number of halogens is 1. The van der Waals surface area contributed by atoms with E-state index in [-0.39, 0.29) is 17.4 Å². The molecular weight excluding hydrogens is 435 g/mol. The van der Waals surface area contributed by atoms with Crippen LogP contribution in [-0.2, 0) is 9.53 Å². The SMILES string of the molecule is O=C(/C=C/c1cccc([N+](=O)[O-])c1)N(CCN1CCOCC1)c1nc2ccc(F)cc2s1. The molecule has 1 fully saturated rings. The Morgan fingerprint density at radius 3 is 2.88 bits per heavy atom. The molecule has 10 heteroatoms. The molecule has 32 heavy (non-hydrogen) atoms. The second-order valence-corrected chi connectivity index (χ2v) is 8.25. The van der Waals surface area contributed by atoms with Gasteiger partial charge in [0, 0.05) is 44.4 Å². The van der Waals surface area contributed by atoms with Crippen LogP contribution in [0.25, 0.3) is 16.3 Å². The molecule has 1 saturated heterocycles. The van der Waals surface area contributed by atoms with E-state index in [1.54, 1.807) is 29.2 Å². The number of hydrogen-bond acceptors (Lipinski definition) is 7. The molecule has 0 unspecified atom stereocenters. The van der Waals surface area contributed by atoms with Crippen molar-refractivity contribution in [2.24, 2.45) is 0 Å². The van der Waals surface area contributed by atoms with Gasteiger partial charge in [0.25, 0.3) is 11.6 Å². The molecule has 0 saturated carbocycles. The van der Waals surface area contributed by atoms with Crippen LogP contribution in [0.15, 0.2) is 48.5 Å². The average Bonchev–Trinajstić information content (AvgIpc) is 3.21. The number of hydrogen-bond donors (Lipinski definition) is 0. The first-order valence-electron chi connectivity index (χ1n) is 10.1. The maximum atomic E-state index is 13.6. The van der Waals surface area contributed by atoms with Crippen molar-refractivity contribution in [2.45, 2.75) is 0 Å². The lowest BCUT2D eigenvalue weighted by Crippen LogP contribution is -2.42. The average molecular weight is 456 g/mol. The Balaban J connectivity index is 1.57. The third kappa shape index (κ3) is 5.34. The molecule has 1 amide bonds. The fourth-order valence-electron chi connectivity index (χ4n) is 3.37. The topological polar surface area (TPSA) is 88.8 Å². The highest BCUT2D eigenvalue weighted by atomic mass is 32.1. The van der Waals surface area contributed by atoms with Crippen molar-refractivity contribution in [1.82, 2.24) is 9.88 Å². The van der Waals surface area contributed by atoms with E-state index in [0.717, 1.165) is 13.1 Å². The minimum absolute atomic E-state index is 0.0445. The number of amides is 1. The predicted octanol–water partition coefficient (Wildman–Crippen LogP) is 3.72. The van der Waals surface area contributed by atoms with Crippen molar-refractivity contribution in [3.63, 3.8) is 0 Å². The molecule has 4 rings (SSSR count). The van der Waals surface area contributed by atoms with Gasteiger partial charge in [0.1, 0.15) is 5.82 Å². The van der Waals surface area contributed by atoms with E-state index in [1.165, 1.54) is 41.7 Å². The first-order chi connectivity index (χ1) is 15.5. The number of nitro benzene ring substituents is 1. The van der Waals surface area contributed by atoms with Crippen molar-refractivity contribution in [3.05, 3.63) is 70.0 Å². The van der Waals surface area contributed by atoms with E-state index in [2.05, 4.69) is 9.88 Å². The summed E-state index contributed by atoms with van der Waals surface area (Å²) in [7, 11) is 0. The van der Waals surface area contributed by atoms with Crippen molar-refractivity contribution in [3.8, 4) is 0 Å². The zero-order valence-corrected chi connectivity index (χ0v) is 18.0. The number of nitro groups is 1. The number of morpholine rings is 1. The summed E-state index contributed by atoms with van der Waals surface area (Å²) in [4.78, 5) is 31.9. The molecule has 1 aliphatic rings. The highest BCUT2D eigenvalue weighted by Gasteiger charge is 2.20. The highest BCUT2D eigenvalue weighted by molar-refractivity contribution is 7.22. The van der Waals surface area contributed by atoms with E-state index in [1.807, 2.05) is 0 Å². The maximum absolute atomic E-state index is 13.6. The van der Waals surface area contributed by atoms with Gasteiger partial charge in [-0.1, -0.05) is 23.5 Å². The fourth-order valence-corrected chi connectivity index (χ4v) is 4.39. The van der Waals surface area contributed by atoms with Crippen molar-refractivity contribution in [2.75, 3.05) is 44.3 Å². The molecule has 3 aromatic rings. The Bertz CT molecular complexity index is 1160. The number of carbonyl (C=O) groups is 1. The first kappa shape index (κ1) is 22.0. The third-order valence-electron chi connectivity index (χ3n) is 5.08. The molecule has 0 radical (unpaired) electrons.